The molecule has 0 aromatic heterocycles. The maximum Gasteiger partial charge on any atom is 0.243 e. The number of para-hydroxylation sites is 2. The molecule has 0 fully saturated rings. The van der Waals surface area contributed by atoms with E-state index in [4.69, 9.17) is 16.9 Å². The van der Waals surface area contributed by atoms with Gasteiger partial charge in [0.15, 0.2) is 0 Å². The topological polar surface area (TPSA) is 56.1 Å². The van der Waals surface area contributed by atoms with Gasteiger partial charge in [0.05, 0.1) is 28.5 Å². The molecule has 4 nitrogen and oxygen atoms in total. The van der Waals surface area contributed by atoms with Gasteiger partial charge < -0.3 is 10.2 Å². The SMILES string of the molecule is CN(CC(=O)Nc1ccccc1Cl)c1ccccc1C#N. The monoisotopic (exact) mass is 299 g/mol. The van der Waals surface area contributed by atoms with E-state index in [2.05, 4.69) is 11.4 Å². The zero-order valence-electron chi connectivity index (χ0n) is 11.5. The summed E-state index contributed by atoms with van der Waals surface area (Å²) in [5.74, 6) is -0.196. The van der Waals surface area contributed by atoms with Crippen molar-refractivity contribution in [3.8, 4) is 6.07 Å². The van der Waals surface area contributed by atoms with Gasteiger partial charge in [-0.05, 0) is 24.3 Å². The van der Waals surface area contributed by atoms with Crippen LogP contribution in [-0.2, 0) is 4.79 Å². The minimum absolute atomic E-state index is 0.129. The maximum atomic E-state index is 12.1. The van der Waals surface area contributed by atoms with E-state index >= 15 is 0 Å². The van der Waals surface area contributed by atoms with Crippen LogP contribution in [0.3, 0.4) is 0 Å². The molecule has 0 aliphatic heterocycles. The van der Waals surface area contributed by atoms with Gasteiger partial charge in [-0.25, -0.2) is 0 Å². The Hall–Kier alpha value is -2.51. The molecule has 21 heavy (non-hydrogen) atoms. The number of carbonyl (C=O) groups excluding carboxylic acids is 1. The van der Waals surface area contributed by atoms with Crippen molar-refractivity contribution < 1.29 is 4.79 Å². The summed E-state index contributed by atoms with van der Waals surface area (Å²) < 4.78 is 0. The van der Waals surface area contributed by atoms with E-state index in [0.29, 0.717) is 22.0 Å². The van der Waals surface area contributed by atoms with Crippen LogP contribution in [0, 0.1) is 11.3 Å². The lowest BCUT2D eigenvalue weighted by molar-refractivity contribution is -0.114. The van der Waals surface area contributed by atoms with Gasteiger partial charge in [0, 0.05) is 7.05 Å². The number of hydrogen-bond acceptors (Lipinski definition) is 3. The first-order valence-corrected chi connectivity index (χ1v) is 6.74. The normalized spacial score (nSPS) is 9.76. The van der Waals surface area contributed by atoms with E-state index in [0.717, 1.165) is 0 Å². The lowest BCUT2D eigenvalue weighted by atomic mass is 10.2. The predicted octanol–water partition coefficient (Wildman–Crippen LogP) is 3.29. The van der Waals surface area contributed by atoms with Gasteiger partial charge in [0.2, 0.25) is 5.91 Å². The van der Waals surface area contributed by atoms with Crippen molar-refractivity contribution in [3.63, 3.8) is 0 Å². The minimum atomic E-state index is -0.196. The summed E-state index contributed by atoms with van der Waals surface area (Å²) in [6, 6.07) is 16.3. The van der Waals surface area contributed by atoms with E-state index in [1.165, 1.54) is 0 Å². The number of nitrogens with zero attached hydrogens (tertiary/aromatic N) is 2. The average molecular weight is 300 g/mol. The van der Waals surface area contributed by atoms with Crippen LogP contribution < -0.4 is 10.2 Å². The van der Waals surface area contributed by atoms with Gasteiger partial charge in [-0.3, -0.25) is 4.79 Å². The summed E-state index contributed by atoms with van der Waals surface area (Å²) in [5.41, 5.74) is 1.82. The number of halogens is 1. The third kappa shape index (κ3) is 3.74. The third-order valence-electron chi connectivity index (χ3n) is 2.96. The third-order valence-corrected chi connectivity index (χ3v) is 3.29. The maximum absolute atomic E-state index is 12.1. The van der Waals surface area contributed by atoms with Gasteiger partial charge in [-0.15, -0.1) is 0 Å². The number of carbonyl (C=O) groups is 1. The van der Waals surface area contributed by atoms with Crippen molar-refractivity contribution >= 4 is 28.9 Å². The first-order chi connectivity index (χ1) is 10.1. The van der Waals surface area contributed by atoms with Crippen LogP contribution >= 0.6 is 11.6 Å². The number of nitriles is 1. The average Bonchev–Trinajstić information content (AvgIpc) is 2.49. The number of hydrogen-bond donors (Lipinski definition) is 1. The van der Waals surface area contributed by atoms with E-state index in [-0.39, 0.29) is 12.5 Å². The van der Waals surface area contributed by atoms with Crippen LogP contribution in [0.1, 0.15) is 5.56 Å². The molecule has 0 atom stereocenters. The van der Waals surface area contributed by atoms with Gasteiger partial charge in [0.1, 0.15) is 6.07 Å². The molecule has 0 heterocycles. The predicted molar refractivity (Wildman–Crippen MR) is 84.5 cm³/mol. The second-order valence-corrected chi connectivity index (χ2v) is 4.92. The number of benzene rings is 2. The molecular weight excluding hydrogens is 286 g/mol. The smallest absolute Gasteiger partial charge is 0.243 e. The molecule has 0 unspecified atom stereocenters. The Labute approximate surface area is 128 Å². The molecule has 5 heteroatoms. The number of likely N-dealkylation sites (N-methyl/N-ethyl adjacent to an activating group) is 1. The second kappa shape index (κ2) is 6.78. The summed E-state index contributed by atoms with van der Waals surface area (Å²) in [4.78, 5) is 13.8. The molecule has 0 aliphatic carbocycles. The Morgan fingerprint density at radius 3 is 2.62 bits per heavy atom. The second-order valence-electron chi connectivity index (χ2n) is 4.51. The van der Waals surface area contributed by atoms with Gasteiger partial charge in [-0.1, -0.05) is 35.9 Å². The molecular formula is C16H14ClN3O. The molecule has 2 aromatic carbocycles. The van der Waals surface area contributed by atoms with E-state index in [1.54, 1.807) is 54.4 Å². The van der Waals surface area contributed by atoms with E-state index in [9.17, 15) is 4.79 Å². The molecule has 0 saturated heterocycles. The largest absolute Gasteiger partial charge is 0.364 e. The quantitative estimate of drug-likeness (QED) is 0.942. The van der Waals surface area contributed by atoms with Crippen molar-refractivity contribution in [2.75, 3.05) is 23.8 Å². The highest BCUT2D eigenvalue weighted by atomic mass is 35.5. The highest BCUT2D eigenvalue weighted by Crippen LogP contribution is 2.21. The minimum Gasteiger partial charge on any atom is -0.364 e. The number of amides is 1. The first-order valence-electron chi connectivity index (χ1n) is 6.36. The molecule has 106 valence electrons. The van der Waals surface area contributed by atoms with Crippen LogP contribution in [-0.4, -0.2) is 19.5 Å². The van der Waals surface area contributed by atoms with Crippen molar-refractivity contribution in [1.82, 2.24) is 0 Å². The molecule has 0 saturated carbocycles. The fourth-order valence-corrected chi connectivity index (χ4v) is 2.14. The summed E-state index contributed by atoms with van der Waals surface area (Å²) in [7, 11) is 1.77. The van der Waals surface area contributed by atoms with E-state index in [1.807, 2.05) is 6.07 Å². The van der Waals surface area contributed by atoms with Crippen LogP contribution in [0.15, 0.2) is 48.5 Å². The molecule has 1 N–H and O–H groups in total. The van der Waals surface area contributed by atoms with Crippen molar-refractivity contribution in [1.29, 1.82) is 5.26 Å². The fraction of sp³-hybridized carbons (Fsp3) is 0.125. The van der Waals surface area contributed by atoms with Crippen molar-refractivity contribution in [2.45, 2.75) is 0 Å². The molecule has 1 amide bonds. The Morgan fingerprint density at radius 2 is 1.90 bits per heavy atom. The highest BCUT2D eigenvalue weighted by Gasteiger charge is 2.11. The fourth-order valence-electron chi connectivity index (χ4n) is 1.95. The summed E-state index contributed by atoms with van der Waals surface area (Å²) >= 11 is 6.00. The van der Waals surface area contributed by atoms with Gasteiger partial charge in [-0.2, -0.15) is 5.26 Å². The van der Waals surface area contributed by atoms with Crippen molar-refractivity contribution in [3.05, 3.63) is 59.1 Å². The summed E-state index contributed by atoms with van der Waals surface area (Å²) in [5, 5.41) is 12.3. The molecule has 0 spiro atoms. The van der Waals surface area contributed by atoms with Gasteiger partial charge in [0.25, 0.3) is 0 Å². The lowest BCUT2D eigenvalue weighted by Crippen LogP contribution is -2.30. The Balaban J connectivity index is 2.06. The number of nitrogens with one attached hydrogen (secondary N) is 1. The zero-order valence-corrected chi connectivity index (χ0v) is 12.3. The molecule has 0 radical (unpaired) electrons. The standard InChI is InChI=1S/C16H14ClN3O/c1-20(15-9-5-2-6-12(15)10-18)11-16(21)19-14-8-4-3-7-13(14)17/h2-9H,11H2,1H3,(H,19,21). The Morgan fingerprint density at radius 1 is 1.24 bits per heavy atom. The molecule has 2 rings (SSSR count). The van der Waals surface area contributed by atoms with Crippen molar-refractivity contribution in [2.24, 2.45) is 0 Å². The molecule has 0 bridgehead atoms. The van der Waals surface area contributed by atoms with E-state index < -0.39 is 0 Å². The van der Waals surface area contributed by atoms with Crippen LogP contribution in [0.5, 0.6) is 0 Å². The lowest BCUT2D eigenvalue weighted by Gasteiger charge is -2.20. The molecule has 2 aromatic rings. The Kier molecular flexibility index (Phi) is 4.81. The number of rotatable bonds is 4. The van der Waals surface area contributed by atoms with Gasteiger partial charge >= 0.3 is 0 Å². The highest BCUT2D eigenvalue weighted by molar-refractivity contribution is 6.33. The first kappa shape index (κ1) is 14.9. The summed E-state index contributed by atoms with van der Waals surface area (Å²) in [6.45, 7) is 0.129. The van der Waals surface area contributed by atoms with Crippen LogP contribution in [0.2, 0.25) is 5.02 Å². The molecule has 0 aliphatic rings. The number of anilines is 2. The Bertz CT molecular complexity index is 694. The van der Waals surface area contributed by atoms with Crippen LogP contribution in [0.4, 0.5) is 11.4 Å². The summed E-state index contributed by atoms with van der Waals surface area (Å²) in [6.07, 6.45) is 0. The van der Waals surface area contributed by atoms with Crippen LogP contribution in [0.25, 0.3) is 0 Å². The zero-order chi connectivity index (χ0) is 15.2.